The Kier molecular flexibility index (Phi) is 5.83. The molecule has 4 nitrogen and oxygen atoms in total. The number of hydrogen-bond donors (Lipinski definition) is 0. The minimum atomic E-state index is 0.581. The van der Waals surface area contributed by atoms with Crippen LogP contribution in [0.25, 0.3) is 0 Å². The van der Waals surface area contributed by atoms with E-state index in [1.807, 2.05) is 6.07 Å². The molecule has 1 aliphatic heterocycles. The molecule has 1 fully saturated rings. The zero-order valence-electron chi connectivity index (χ0n) is 12.7. The Morgan fingerprint density at radius 3 is 2.85 bits per heavy atom. The molecule has 0 radical (unpaired) electrons. The fourth-order valence-corrected chi connectivity index (χ4v) is 2.74. The average Bonchev–Trinajstić information content (AvgIpc) is 2.92. The number of rotatable bonds is 7. The van der Waals surface area contributed by atoms with E-state index >= 15 is 0 Å². The van der Waals surface area contributed by atoms with E-state index < -0.39 is 0 Å². The molecule has 1 unspecified atom stereocenters. The van der Waals surface area contributed by atoms with Crippen LogP contribution in [0, 0.1) is 5.92 Å². The van der Waals surface area contributed by atoms with Crippen molar-refractivity contribution >= 4 is 0 Å². The van der Waals surface area contributed by atoms with Crippen LogP contribution in [0.4, 0.5) is 0 Å². The molecule has 1 heterocycles. The van der Waals surface area contributed by atoms with Gasteiger partial charge in [-0.05, 0) is 37.1 Å². The quantitative estimate of drug-likeness (QED) is 0.766. The standard InChI is InChI=1S/C16H25NO3/c1-17(10-14-6-7-20-11-14)9-13-4-5-16(19-3)15(8-13)12-18-2/h4-5,8,14H,6-7,9-12H2,1-3H3. The summed E-state index contributed by atoms with van der Waals surface area (Å²) in [5.41, 5.74) is 2.39. The van der Waals surface area contributed by atoms with Crippen LogP contribution in [0.2, 0.25) is 0 Å². The molecule has 1 atom stereocenters. The molecule has 112 valence electrons. The Bertz CT molecular complexity index is 416. The first kappa shape index (κ1) is 15.3. The molecule has 0 aliphatic carbocycles. The minimum absolute atomic E-state index is 0.581. The van der Waals surface area contributed by atoms with Gasteiger partial charge in [0, 0.05) is 32.4 Å². The average molecular weight is 279 g/mol. The van der Waals surface area contributed by atoms with Gasteiger partial charge in [0.1, 0.15) is 5.75 Å². The molecule has 1 aromatic rings. The Morgan fingerprint density at radius 2 is 2.20 bits per heavy atom. The van der Waals surface area contributed by atoms with Crippen LogP contribution < -0.4 is 4.74 Å². The summed E-state index contributed by atoms with van der Waals surface area (Å²) < 4.78 is 16.0. The molecule has 1 aliphatic rings. The summed E-state index contributed by atoms with van der Waals surface area (Å²) in [5, 5.41) is 0. The van der Waals surface area contributed by atoms with E-state index in [2.05, 4.69) is 24.1 Å². The SMILES string of the molecule is COCc1cc(CN(C)CC2CCOC2)ccc1OC. The van der Waals surface area contributed by atoms with Gasteiger partial charge in [0.15, 0.2) is 0 Å². The van der Waals surface area contributed by atoms with Gasteiger partial charge in [-0.15, -0.1) is 0 Å². The van der Waals surface area contributed by atoms with Crippen LogP contribution in [0.15, 0.2) is 18.2 Å². The monoisotopic (exact) mass is 279 g/mol. The molecule has 20 heavy (non-hydrogen) atoms. The molecule has 1 saturated heterocycles. The molecule has 1 aromatic carbocycles. The first-order valence-corrected chi connectivity index (χ1v) is 7.14. The summed E-state index contributed by atoms with van der Waals surface area (Å²) in [4.78, 5) is 2.36. The van der Waals surface area contributed by atoms with Crippen molar-refractivity contribution in [3.05, 3.63) is 29.3 Å². The first-order valence-electron chi connectivity index (χ1n) is 7.14. The maximum Gasteiger partial charge on any atom is 0.124 e. The molecule has 0 saturated carbocycles. The third kappa shape index (κ3) is 4.20. The third-order valence-corrected chi connectivity index (χ3v) is 3.69. The van der Waals surface area contributed by atoms with E-state index in [-0.39, 0.29) is 0 Å². The van der Waals surface area contributed by atoms with E-state index in [4.69, 9.17) is 14.2 Å². The molecular weight excluding hydrogens is 254 g/mol. The minimum Gasteiger partial charge on any atom is -0.496 e. The van der Waals surface area contributed by atoms with Crippen LogP contribution in [-0.4, -0.2) is 45.9 Å². The third-order valence-electron chi connectivity index (χ3n) is 3.69. The zero-order valence-corrected chi connectivity index (χ0v) is 12.7. The maximum absolute atomic E-state index is 5.43. The largest absolute Gasteiger partial charge is 0.496 e. The smallest absolute Gasteiger partial charge is 0.124 e. The van der Waals surface area contributed by atoms with Crippen molar-refractivity contribution in [2.45, 2.75) is 19.6 Å². The summed E-state index contributed by atoms with van der Waals surface area (Å²) in [5.74, 6) is 1.57. The van der Waals surface area contributed by atoms with Gasteiger partial charge in [0.2, 0.25) is 0 Å². The summed E-state index contributed by atoms with van der Waals surface area (Å²) in [6.07, 6.45) is 1.18. The molecule has 0 spiro atoms. The van der Waals surface area contributed by atoms with Crippen molar-refractivity contribution in [2.75, 3.05) is 41.0 Å². The highest BCUT2D eigenvalue weighted by Crippen LogP contribution is 2.22. The molecule has 4 heteroatoms. The van der Waals surface area contributed by atoms with E-state index in [9.17, 15) is 0 Å². The summed E-state index contributed by atoms with van der Waals surface area (Å²) in [6.45, 7) is 4.43. The van der Waals surface area contributed by atoms with Gasteiger partial charge in [-0.2, -0.15) is 0 Å². The lowest BCUT2D eigenvalue weighted by Gasteiger charge is -2.20. The first-order chi connectivity index (χ1) is 9.72. The lowest BCUT2D eigenvalue weighted by molar-refractivity contribution is 0.172. The van der Waals surface area contributed by atoms with E-state index in [1.165, 1.54) is 12.0 Å². The second-order valence-corrected chi connectivity index (χ2v) is 5.51. The van der Waals surface area contributed by atoms with Crippen LogP contribution >= 0.6 is 0 Å². The summed E-state index contributed by atoms with van der Waals surface area (Å²) >= 11 is 0. The topological polar surface area (TPSA) is 30.9 Å². The fraction of sp³-hybridized carbons (Fsp3) is 0.625. The van der Waals surface area contributed by atoms with Gasteiger partial charge < -0.3 is 19.1 Å². The van der Waals surface area contributed by atoms with Crippen molar-refractivity contribution < 1.29 is 14.2 Å². The van der Waals surface area contributed by atoms with Crippen molar-refractivity contribution in [2.24, 2.45) is 5.92 Å². The fourth-order valence-electron chi connectivity index (χ4n) is 2.74. The van der Waals surface area contributed by atoms with E-state index in [1.54, 1.807) is 14.2 Å². The predicted molar refractivity (Wildman–Crippen MR) is 79.0 cm³/mol. The molecule has 0 N–H and O–H groups in total. The lowest BCUT2D eigenvalue weighted by atomic mass is 10.1. The van der Waals surface area contributed by atoms with Gasteiger partial charge in [-0.1, -0.05) is 6.07 Å². The molecule has 0 amide bonds. The predicted octanol–water partition coefficient (Wildman–Crippen LogP) is 2.31. The van der Waals surface area contributed by atoms with Gasteiger partial charge >= 0.3 is 0 Å². The number of nitrogens with zero attached hydrogens (tertiary/aromatic N) is 1. The highest BCUT2D eigenvalue weighted by Gasteiger charge is 2.17. The molecule has 0 aromatic heterocycles. The number of benzene rings is 1. The Hall–Kier alpha value is -1.10. The van der Waals surface area contributed by atoms with Gasteiger partial charge in [0.05, 0.1) is 20.3 Å². The summed E-state index contributed by atoms with van der Waals surface area (Å²) in [7, 11) is 5.57. The van der Waals surface area contributed by atoms with Crippen LogP contribution in [0.1, 0.15) is 17.5 Å². The zero-order chi connectivity index (χ0) is 14.4. The van der Waals surface area contributed by atoms with Gasteiger partial charge in [-0.3, -0.25) is 0 Å². The van der Waals surface area contributed by atoms with Crippen molar-refractivity contribution in [3.8, 4) is 5.75 Å². The van der Waals surface area contributed by atoms with Gasteiger partial charge in [-0.25, -0.2) is 0 Å². The van der Waals surface area contributed by atoms with Crippen LogP contribution in [0.3, 0.4) is 0 Å². The highest BCUT2D eigenvalue weighted by molar-refractivity contribution is 5.36. The Balaban J connectivity index is 1.95. The second kappa shape index (κ2) is 7.62. The normalized spacial score (nSPS) is 18.7. The van der Waals surface area contributed by atoms with Crippen LogP contribution in [-0.2, 0) is 22.6 Å². The summed E-state index contributed by atoms with van der Waals surface area (Å²) in [6, 6.07) is 6.32. The number of methoxy groups -OCH3 is 2. The number of ether oxygens (including phenoxy) is 3. The van der Waals surface area contributed by atoms with Crippen molar-refractivity contribution in [1.29, 1.82) is 0 Å². The van der Waals surface area contributed by atoms with Crippen molar-refractivity contribution in [3.63, 3.8) is 0 Å². The molecule has 2 rings (SSSR count). The van der Waals surface area contributed by atoms with Crippen molar-refractivity contribution in [1.82, 2.24) is 4.90 Å². The van der Waals surface area contributed by atoms with E-state index in [0.717, 1.165) is 37.6 Å². The lowest BCUT2D eigenvalue weighted by Crippen LogP contribution is -2.25. The maximum atomic E-state index is 5.43. The second-order valence-electron chi connectivity index (χ2n) is 5.51. The van der Waals surface area contributed by atoms with Gasteiger partial charge in [0.25, 0.3) is 0 Å². The van der Waals surface area contributed by atoms with Crippen LogP contribution in [0.5, 0.6) is 5.75 Å². The highest BCUT2D eigenvalue weighted by atomic mass is 16.5. The molecular formula is C16H25NO3. The Morgan fingerprint density at radius 1 is 1.35 bits per heavy atom. The number of hydrogen-bond acceptors (Lipinski definition) is 4. The Labute approximate surface area is 121 Å². The molecule has 0 bridgehead atoms. The van der Waals surface area contributed by atoms with E-state index in [0.29, 0.717) is 12.5 Å².